The predicted molar refractivity (Wildman–Crippen MR) is 105 cm³/mol. The molecule has 0 spiro atoms. The molecular formula is C20H21N5O3. The largest absolute Gasteiger partial charge is 0.480 e. The van der Waals surface area contributed by atoms with Gasteiger partial charge >= 0.3 is 5.97 Å². The Morgan fingerprint density at radius 3 is 2.29 bits per heavy atom. The molecule has 1 fully saturated rings. The van der Waals surface area contributed by atoms with Gasteiger partial charge in [-0.15, -0.1) is 12.3 Å². The zero-order valence-electron chi connectivity index (χ0n) is 15.3. The fourth-order valence-electron chi connectivity index (χ4n) is 3.00. The first-order valence-corrected chi connectivity index (χ1v) is 8.92. The number of carboxylic acids is 1. The Morgan fingerprint density at radius 1 is 1.11 bits per heavy atom. The highest BCUT2D eigenvalue weighted by atomic mass is 16.4. The molecular weight excluding hydrogens is 358 g/mol. The lowest BCUT2D eigenvalue weighted by Gasteiger charge is -2.36. The van der Waals surface area contributed by atoms with Crippen LogP contribution < -0.4 is 15.1 Å². The highest BCUT2D eigenvalue weighted by Gasteiger charge is 2.21. The fourth-order valence-corrected chi connectivity index (χ4v) is 3.00. The standard InChI is InChI=1S/C20H21N5O3/c1-2-4-17(19(27)28)23-18(26)15-5-7-16(8-6-15)24-11-13-25(14-12-24)20-21-9-3-10-22-20/h1,3,5-10,17H,4,11-14H2,(H,23,26)(H,27,28)/t17-/m0/s1. The number of rotatable bonds is 6. The van der Waals surface area contributed by atoms with Gasteiger partial charge in [-0.1, -0.05) is 0 Å². The molecule has 1 aliphatic rings. The number of hydrogen-bond donors (Lipinski definition) is 2. The summed E-state index contributed by atoms with van der Waals surface area (Å²) in [6.07, 6.45) is 8.55. The molecule has 2 aromatic rings. The van der Waals surface area contributed by atoms with Crippen molar-refractivity contribution in [1.82, 2.24) is 15.3 Å². The van der Waals surface area contributed by atoms with Crippen LogP contribution in [0, 0.1) is 12.3 Å². The first kappa shape index (κ1) is 19.2. The smallest absolute Gasteiger partial charge is 0.327 e. The Bertz CT molecular complexity index is 856. The molecule has 8 nitrogen and oxygen atoms in total. The number of hydrogen-bond acceptors (Lipinski definition) is 6. The third-order valence-corrected chi connectivity index (χ3v) is 4.53. The SMILES string of the molecule is C#CC[C@H](NC(=O)c1ccc(N2CCN(c3ncccn3)CC2)cc1)C(=O)O. The quantitative estimate of drug-likeness (QED) is 0.723. The molecule has 144 valence electrons. The van der Waals surface area contributed by atoms with Gasteiger partial charge in [0, 0.05) is 56.2 Å². The minimum Gasteiger partial charge on any atom is -0.480 e. The van der Waals surface area contributed by atoms with Crippen LogP contribution in [-0.4, -0.2) is 59.2 Å². The number of anilines is 2. The van der Waals surface area contributed by atoms with Gasteiger partial charge in [-0.05, 0) is 30.3 Å². The molecule has 3 rings (SSSR count). The molecule has 1 saturated heterocycles. The summed E-state index contributed by atoms with van der Waals surface area (Å²) in [5.41, 5.74) is 1.40. The van der Waals surface area contributed by atoms with Crippen molar-refractivity contribution in [3.63, 3.8) is 0 Å². The van der Waals surface area contributed by atoms with Crippen LogP contribution in [0.1, 0.15) is 16.8 Å². The van der Waals surface area contributed by atoms with Crippen molar-refractivity contribution in [3.8, 4) is 12.3 Å². The van der Waals surface area contributed by atoms with Crippen LogP contribution in [0.15, 0.2) is 42.7 Å². The second-order valence-electron chi connectivity index (χ2n) is 6.34. The van der Waals surface area contributed by atoms with E-state index in [2.05, 4.69) is 31.0 Å². The third kappa shape index (κ3) is 4.57. The number of carbonyl (C=O) groups excluding carboxylic acids is 1. The number of carboxylic acid groups (broad SMARTS) is 1. The first-order chi connectivity index (χ1) is 13.6. The maximum Gasteiger partial charge on any atom is 0.327 e. The Kier molecular flexibility index (Phi) is 6.07. The fraction of sp³-hybridized carbons (Fsp3) is 0.300. The number of nitrogens with zero attached hydrogens (tertiary/aromatic N) is 4. The number of amides is 1. The number of piperazine rings is 1. The van der Waals surface area contributed by atoms with Crippen molar-refractivity contribution in [2.75, 3.05) is 36.0 Å². The molecule has 2 heterocycles. The third-order valence-electron chi connectivity index (χ3n) is 4.53. The summed E-state index contributed by atoms with van der Waals surface area (Å²) >= 11 is 0. The average Bonchev–Trinajstić information content (AvgIpc) is 2.74. The summed E-state index contributed by atoms with van der Waals surface area (Å²) in [5.74, 6) is 1.38. The Balaban J connectivity index is 1.58. The van der Waals surface area contributed by atoms with Crippen molar-refractivity contribution in [2.45, 2.75) is 12.5 Å². The van der Waals surface area contributed by atoms with E-state index >= 15 is 0 Å². The van der Waals surface area contributed by atoms with Gasteiger partial charge in [0.2, 0.25) is 5.95 Å². The molecule has 2 N–H and O–H groups in total. The number of terminal acetylenes is 1. The van der Waals surface area contributed by atoms with Gasteiger partial charge in [0.05, 0.1) is 0 Å². The van der Waals surface area contributed by atoms with E-state index in [9.17, 15) is 9.59 Å². The van der Waals surface area contributed by atoms with Crippen LogP contribution in [0.3, 0.4) is 0 Å². The van der Waals surface area contributed by atoms with Gasteiger partial charge < -0.3 is 20.2 Å². The summed E-state index contributed by atoms with van der Waals surface area (Å²) < 4.78 is 0. The zero-order valence-corrected chi connectivity index (χ0v) is 15.3. The summed E-state index contributed by atoms with van der Waals surface area (Å²) in [7, 11) is 0. The van der Waals surface area contributed by atoms with E-state index in [1.165, 1.54) is 0 Å². The van der Waals surface area contributed by atoms with E-state index in [0.29, 0.717) is 5.56 Å². The second kappa shape index (κ2) is 8.86. The zero-order chi connectivity index (χ0) is 19.9. The van der Waals surface area contributed by atoms with Crippen LogP contribution in [-0.2, 0) is 4.79 Å². The van der Waals surface area contributed by atoms with Crippen LogP contribution in [0.2, 0.25) is 0 Å². The summed E-state index contributed by atoms with van der Waals surface area (Å²) in [4.78, 5) is 36.3. The van der Waals surface area contributed by atoms with E-state index in [1.54, 1.807) is 30.6 Å². The minimum absolute atomic E-state index is 0.0609. The first-order valence-electron chi connectivity index (χ1n) is 8.92. The minimum atomic E-state index is -1.15. The molecule has 0 bridgehead atoms. The lowest BCUT2D eigenvalue weighted by molar-refractivity contribution is -0.139. The molecule has 8 heteroatoms. The molecule has 1 aromatic heterocycles. The van der Waals surface area contributed by atoms with Crippen molar-refractivity contribution in [1.29, 1.82) is 0 Å². The monoisotopic (exact) mass is 379 g/mol. The topological polar surface area (TPSA) is 98.7 Å². The second-order valence-corrected chi connectivity index (χ2v) is 6.34. The summed E-state index contributed by atoms with van der Waals surface area (Å²) in [5, 5.41) is 11.5. The Labute approximate surface area is 163 Å². The van der Waals surface area contributed by atoms with Crippen LogP contribution >= 0.6 is 0 Å². The predicted octanol–water partition coefficient (Wildman–Crippen LogP) is 1.01. The number of benzene rings is 1. The molecule has 1 aromatic carbocycles. The van der Waals surface area contributed by atoms with Crippen LogP contribution in [0.5, 0.6) is 0 Å². The Hall–Kier alpha value is -3.60. The van der Waals surface area contributed by atoms with E-state index in [4.69, 9.17) is 11.5 Å². The highest BCUT2D eigenvalue weighted by molar-refractivity contribution is 5.96. The van der Waals surface area contributed by atoms with Gasteiger partial charge in [-0.25, -0.2) is 14.8 Å². The van der Waals surface area contributed by atoms with Crippen molar-refractivity contribution in [3.05, 3.63) is 48.3 Å². The van der Waals surface area contributed by atoms with E-state index < -0.39 is 17.9 Å². The average molecular weight is 379 g/mol. The molecule has 0 radical (unpaired) electrons. The van der Waals surface area contributed by atoms with E-state index in [1.807, 2.05) is 12.1 Å². The number of nitrogens with one attached hydrogen (secondary N) is 1. The molecule has 1 amide bonds. The lowest BCUT2D eigenvalue weighted by atomic mass is 10.1. The number of aromatic nitrogens is 2. The van der Waals surface area contributed by atoms with Gasteiger partial charge in [-0.2, -0.15) is 0 Å². The maximum absolute atomic E-state index is 12.2. The van der Waals surface area contributed by atoms with Crippen LogP contribution in [0.25, 0.3) is 0 Å². The van der Waals surface area contributed by atoms with Crippen molar-refractivity contribution in [2.24, 2.45) is 0 Å². The molecule has 0 aliphatic carbocycles. The Morgan fingerprint density at radius 2 is 1.71 bits per heavy atom. The summed E-state index contributed by atoms with van der Waals surface area (Å²) in [6, 6.07) is 7.80. The molecule has 28 heavy (non-hydrogen) atoms. The lowest BCUT2D eigenvalue weighted by Crippen LogP contribution is -2.47. The van der Waals surface area contributed by atoms with E-state index in [0.717, 1.165) is 37.8 Å². The maximum atomic E-state index is 12.2. The molecule has 0 saturated carbocycles. The normalized spacial score (nSPS) is 14.8. The highest BCUT2D eigenvalue weighted by Crippen LogP contribution is 2.19. The van der Waals surface area contributed by atoms with Crippen molar-refractivity contribution >= 4 is 23.5 Å². The number of aliphatic carboxylic acids is 1. The molecule has 1 aliphatic heterocycles. The van der Waals surface area contributed by atoms with Gasteiger partial charge in [0.25, 0.3) is 5.91 Å². The molecule has 1 atom stereocenters. The van der Waals surface area contributed by atoms with E-state index in [-0.39, 0.29) is 6.42 Å². The van der Waals surface area contributed by atoms with Gasteiger partial charge in [-0.3, -0.25) is 4.79 Å². The van der Waals surface area contributed by atoms with Gasteiger partial charge in [0.15, 0.2) is 0 Å². The molecule has 0 unspecified atom stereocenters. The summed E-state index contributed by atoms with van der Waals surface area (Å²) in [6.45, 7) is 3.23. The van der Waals surface area contributed by atoms with Crippen LogP contribution in [0.4, 0.5) is 11.6 Å². The van der Waals surface area contributed by atoms with Crippen molar-refractivity contribution < 1.29 is 14.7 Å². The number of carbonyl (C=O) groups is 2. The van der Waals surface area contributed by atoms with Gasteiger partial charge in [0.1, 0.15) is 6.04 Å².